The highest BCUT2D eigenvalue weighted by Gasteiger charge is 2.35. The van der Waals surface area contributed by atoms with Gasteiger partial charge >= 0.3 is 0 Å². The van der Waals surface area contributed by atoms with Gasteiger partial charge in [0, 0.05) is 17.0 Å². The summed E-state index contributed by atoms with van der Waals surface area (Å²) in [6.45, 7) is 3.94. The Morgan fingerprint density at radius 3 is 2.55 bits per heavy atom. The fourth-order valence-electron chi connectivity index (χ4n) is 2.84. The molecule has 0 aliphatic carbocycles. The van der Waals surface area contributed by atoms with Crippen molar-refractivity contribution in [3.63, 3.8) is 0 Å². The Morgan fingerprint density at radius 1 is 1.20 bits per heavy atom. The SMILES string of the molecule is COc1c(C)c(O)cc2c1O[C@H](c1ccccc1)[C@H]2C. The van der Waals surface area contributed by atoms with Crippen molar-refractivity contribution in [3.8, 4) is 17.2 Å². The molecule has 0 spiro atoms. The van der Waals surface area contributed by atoms with Crippen LogP contribution in [0.2, 0.25) is 0 Å². The van der Waals surface area contributed by atoms with E-state index in [1.165, 1.54) is 0 Å². The molecule has 1 aliphatic rings. The first-order valence-corrected chi connectivity index (χ1v) is 6.75. The largest absolute Gasteiger partial charge is 0.508 e. The van der Waals surface area contributed by atoms with Crippen molar-refractivity contribution in [2.75, 3.05) is 7.11 Å². The van der Waals surface area contributed by atoms with Gasteiger partial charge in [0.2, 0.25) is 0 Å². The summed E-state index contributed by atoms with van der Waals surface area (Å²) in [6.07, 6.45) is -0.0405. The maximum Gasteiger partial charge on any atom is 0.167 e. The minimum atomic E-state index is -0.0405. The lowest BCUT2D eigenvalue weighted by molar-refractivity contribution is 0.208. The smallest absolute Gasteiger partial charge is 0.167 e. The third-order valence-electron chi connectivity index (χ3n) is 4.01. The zero-order chi connectivity index (χ0) is 14.3. The molecule has 2 atom stereocenters. The van der Waals surface area contributed by atoms with Crippen LogP contribution in [0.4, 0.5) is 0 Å². The second kappa shape index (κ2) is 4.75. The number of methoxy groups -OCH3 is 1. The average molecular weight is 270 g/mol. The van der Waals surface area contributed by atoms with E-state index in [4.69, 9.17) is 9.47 Å². The lowest BCUT2D eigenvalue weighted by atomic mass is 9.92. The quantitative estimate of drug-likeness (QED) is 0.898. The van der Waals surface area contributed by atoms with Gasteiger partial charge in [-0.1, -0.05) is 37.3 Å². The van der Waals surface area contributed by atoms with Crippen molar-refractivity contribution in [1.82, 2.24) is 0 Å². The average Bonchev–Trinajstić information content (AvgIpc) is 2.79. The fraction of sp³-hybridized carbons (Fsp3) is 0.294. The van der Waals surface area contributed by atoms with Gasteiger partial charge in [-0.3, -0.25) is 0 Å². The summed E-state index contributed by atoms with van der Waals surface area (Å²) >= 11 is 0. The van der Waals surface area contributed by atoms with E-state index in [1.807, 2.05) is 25.1 Å². The molecule has 104 valence electrons. The summed E-state index contributed by atoms with van der Waals surface area (Å²) in [5.74, 6) is 1.81. The summed E-state index contributed by atoms with van der Waals surface area (Å²) in [4.78, 5) is 0. The van der Waals surface area contributed by atoms with Crippen LogP contribution in [0.25, 0.3) is 0 Å². The monoisotopic (exact) mass is 270 g/mol. The molecular formula is C17H18O3. The second-order valence-electron chi connectivity index (χ2n) is 5.21. The number of phenolic OH excluding ortho intramolecular Hbond substituents is 1. The zero-order valence-electron chi connectivity index (χ0n) is 11.9. The molecule has 1 aliphatic heterocycles. The normalized spacial score (nSPS) is 20.4. The number of hydrogen-bond donors (Lipinski definition) is 1. The molecule has 0 saturated heterocycles. The van der Waals surface area contributed by atoms with Crippen molar-refractivity contribution < 1.29 is 14.6 Å². The molecule has 2 aromatic rings. The van der Waals surface area contributed by atoms with Gasteiger partial charge in [0.25, 0.3) is 0 Å². The van der Waals surface area contributed by atoms with Crippen LogP contribution in [-0.4, -0.2) is 12.2 Å². The van der Waals surface area contributed by atoms with Gasteiger partial charge in [0.1, 0.15) is 11.9 Å². The molecule has 0 bridgehead atoms. The minimum Gasteiger partial charge on any atom is -0.508 e. The Balaban J connectivity index is 2.09. The van der Waals surface area contributed by atoms with Crippen LogP contribution >= 0.6 is 0 Å². The minimum absolute atomic E-state index is 0.0405. The summed E-state index contributed by atoms with van der Waals surface area (Å²) in [5.41, 5.74) is 2.85. The Kier molecular flexibility index (Phi) is 3.05. The van der Waals surface area contributed by atoms with Crippen molar-refractivity contribution in [3.05, 3.63) is 53.1 Å². The van der Waals surface area contributed by atoms with E-state index < -0.39 is 0 Å². The van der Waals surface area contributed by atoms with E-state index in [9.17, 15) is 5.11 Å². The molecule has 0 radical (unpaired) electrons. The van der Waals surface area contributed by atoms with E-state index in [0.717, 1.165) is 16.9 Å². The highest BCUT2D eigenvalue weighted by Crippen LogP contribution is 2.53. The molecular weight excluding hydrogens is 252 g/mol. The van der Waals surface area contributed by atoms with E-state index in [2.05, 4.69) is 19.1 Å². The highest BCUT2D eigenvalue weighted by molar-refractivity contribution is 5.60. The molecule has 3 rings (SSSR count). The van der Waals surface area contributed by atoms with E-state index in [0.29, 0.717) is 11.3 Å². The number of fused-ring (bicyclic) bond motifs is 1. The topological polar surface area (TPSA) is 38.7 Å². The highest BCUT2D eigenvalue weighted by atomic mass is 16.5. The molecule has 20 heavy (non-hydrogen) atoms. The molecule has 0 aromatic heterocycles. The van der Waals surface area contributed by atoms with E-state index in [1.54, 1.807) is 13.2 Å². The van der Waals surface area contributed by atoms with E-state index in [-0.39, 0.29) is 17.8 Å². The molecule has 1 heterocycles. The van der Waals surface area contributed by atoms with Gasteiger partial charge in [-0.2, -0.15) is 0 Å². The second-order valence-corrected chi connectivity index (χ2v) is 5.21. The van der Waals surface area contributed by atoms with Gasteiger partial charge in [0.05, 0.1) is 7.11 Å². The van der Waals surface area contributed by atoms with Gasteiger partial charge in [0.15, 0.2) is 11.5 Å². The number of phenols is 1. The summed E-state index contributed by atoms with van der Waals surface area (Å²) < 4.78 is 11.5. The summed E-state index contributed by atoms with van der Waals surface area (Å²) in [5, 5.41) is 10.0. The Hall–Kier alpha value is -2.16. The van der Waals surface area contributed by atoms with Gasteiger partial charge in [-0.15, -0.1) is 0 Å². The van der Waals surface area contributed by atoms with Crippen LogP contribution in [0.1, 0.15) is 35.6 Å². The van der Waals surface area contributed by atoms with Crippen molar-refractivity contribution in [1.29, 1.82) is 0 Å². The van der Waals surface area contributed by atoms with Crippen LogP contribution in [-0.2, 0) is 0 Å². The van der Waals surface area contributed by atoms with E-state index >= 15 is 0 Å². The van der Waals surface area contributed by atoms with Gasteiger partial charge < -0.3 is 14.6 Å². The first-order valence-electron chi connectivity index (χ1n) is 6.75. The molecule has 0 fully saturated rings. The third-order valence-corrected chi connectivity index (χ3v) is 4.01. The number of hydrogen-bond acceptors (Lipinski definition) is 3. The number of aromatic hydroxyl groups is 1. The van der Waals surface area contributed by atoms with Crippen LogP contribution in [0, 0.1) is 6.92 Å². The standard InChI is InChI=1S/C17H18O3/c1-10-13-9-14(18)11(2)16(19-3)17(13)20-15(10)12-7-5-4-6-8-12/h4-10,15,18H,1-3H3/t10-,15-/m0/s1. The molecule has 0 amide bonds. The zero-order valence-corrected chi connectivity index (χ0v) is 11.9. The number of ether oxygens (including phenoxy) is 2. The predicted molar refractivity (Wildman–Crippen MR) is 77.6 cm³/mol. The maximum atomic E-state index is 10.0. The van der Waals surface area contributed by atoms with Crippen LogP contribution in [0.3, 0.4) is 0 Å². The van der Waals surface area contributed by atoms with Crippen molar-refractivity contribution >= 4 is 0 Å². The van der Waals surface area contributed by atoms with Crippen LogP contribution < -0.4 is 9.47 Å². The predicted octanol–water partition coefficient (Wildman–Crippen LogP) is 3.95. The number of benzene rings is 2. The van der Waals surface area contributed by atoms with Gasteiger partial charge in [-0.05, 0) is 18.6 Å². The molecule has 0 unspecified atom stereocenters. The van der Waals surface area contributed by atoms with Crippen molar-refractivity contribution in [2.24, 2.45) is 0 Å². The van der Waals surface area contributed by atoms with Crippen LogP contribution in [0.15, 0.2) is 36.4 Å². The molecule has 2 aromatic carbocycles. The lowest BCUT2D eigenvalue weighted by Gasteiger charge is -2.15. The Morgan fingerprint density at radius 2 is 1.90 bits per heavy atom. The third kappa shape index (κ3) is 1.82. The van der Waals surface area contributed by atoms with Crippen LogP contribution in [0.5, 0.6) is 17.2 Å². The van der Waals surface area contributed by atoms with Crippen molar-refractivity contribution in [2.45, 2.75) is 25.9 Å². The lowest BCUT2D eigenvalue weighted by Crippen LogP contribution is -2.06. The summed E-state index contributed by atoms with van der Waals surface area (Å²) in [7, 11) is 1.60. The Labute approximate surface area is 118 Å². The molecule has 1 N–H and O–H groups in total. The summed E-state index contributed by atoms with van der Waals surface area (Å²) in [6, 6.07) is 11.9. The Bertz CT molecular complexity index is 634. The first kappa shape index (κ1) is 12.9. The van der Waals surface area contributed by atoms with Gasteiger partial charge in [-0.25, -0.2) is 0 Å². The molecule has 3 heteroatoms. The number of rotatable bonds is 2. The maximum absolute atomic E-state index is 10.0. The molecule has 0 saturated carbocycles. The molecule has 3 nitrogen and oxygen atoms in total. The first-order chi connectivity index (χ1) is 9.63. The fourth-order valence-corrected chi connectivity index (χ4v) is 2.84.